The lowest BCUT2D eigenvalue weighted by atomic mass is 10.1. The Bertz CT molecular complexity index is 1430. The van der Waals surface area contributed by atoms with Crippen molar-refractivity contribution in [3.8, 4) is 17.0 Å². The number of benzene rings is 2. The summed E-state index contributed by atoms with van der Waals surface area (Å²) in [4.78, 5) is 32.6. The number of nitrogens with zero attached hydrogens (tertiary/aromatic N) is 3. The summed E-state index contributed by atoms with van der Waals surface area (Å²) in [6.07, 6.45) is 5.04. The maximum Gasteiger partial charge on any atom is 0.387 e. The molecular weight excluding hydrogens is 498 g/mol. The van der Waals surface area contributed by atoms with Crippen LogP contribution >= 0.6 is 0 Å². The normalized spacial score (nSPS) is 11.0. The van der Waals surface area contributed by atoms with Gasteiger partial charge in [-0.05, 0) is 55.0 Å². The monoisotopic (exact) mass is 524 g/mol. The first-order valence-corrected chi connectivity index (χ1v) is 11.7. The number of amides is 2. The lowest BCUT2D eigenvalue weighted by Crippen LogP contribution is -2.30. The largest absolute Gasteiger partial charge is 0.435 e. The zero-order valence-corrected chi connectivity index (χ0v) is 20.7. The Balaban J connectivity index is 1.43. The number of carbonyl (C=O) groups excluding carboxylic acids is 2. The summed E-state index contributed by atoms with van der Waals surface area (Å²) in [5.41, 5.74) is 4.05. The number of alkyl halides is 2. The topological polar surface area (TPSA) is 119 Å². The highest BCUT2D eigenvalue weighted by Gasteiger charge is 2.13. The first kappa shape index (κ1) is 26.5. The van der Waals surface area contributed by atoms with Crippen molar-refractivity contribution in [1.82, 2.24) is 25.0 Å². The minimum atomic E-state index is -2.88. The molecule has 0 aliphatic heterocycles. The fraction of sp³-hybridized carbons (Fsp3) is 0.231. The Hall–Kier alpha value is -4.58. The highest BCUT2D eigenvalue weighted by molar-refractivity contribution is 5.96. The lowest BCUT2D eigenvalue weighted by molar-refractivity contribution is -0.125. The molecule has 0 unspecified atom stereocenters. The first-order valence-electron chi connectivity index (χ1n) is 11.7. The molecule has 0 fully saturated rings. The maximum absolute atomic E-state index is 12.5. The van der Waals surface area contributed by atoms with E-state index in [-0.39, 0.29) is 37.3 Å². The van der Waals surface area contributed by atoms with Crippen LogP contribution in [0.2, 0.25) is 0 Å². The molecule has 0 aliphatic carbocycles. The average Bonchev–Trinajstić information content (AvgIpc) is 3.33. The van der Waals surface area contributed by atoms with E-state index in [9.17, 15) is 18.4 Å². The smallest absolute Gasteiger partial charge is 0.387 e. The number of carbonyl (C=O) groups is 2. The molecule has 0 saturated carbocycles. The van der Waals surface area contributed by atoms with Gasteiger partial charge in [-0.25, -0.2) is 9.97 Å². The second-order valence-corrected chi connectivity index (χ2v) is 8.15. The average molecular weight is 525 g/mol. The molecule has 198 valence electrons. The van der Waals surface area contributed by atoms with Gasteiger partial charge in [-0.15, -0.1) is 0 Å². The number of ether oxygens (including phenoxy) is 2. The quantitative estimate of drug-likeness (QED) is 0.257. The third-order valence-electron chi connectivity index (χ3n) is 5.58. The molecule has 0 bridgehead atoms. The molecule has 2 heterocycles. The number of fused-ring (bicyclic) bond motifs is 1. The van der Waals surface area contributed by atoms with Gasteiger partial charge in [0.15, 0.2) is 11.5 Å². The molecule has 0 spiro atoms. The van der Waals surface area contributed by atoms with E-state index in [1.165, 1.54) is 19.2 Å². The van der Waals surface area contributed by atoms with Crippen molar-refractivity contribution in [2.45, 2.75) is 13.5 Å². The summed E-state index contributed by atoms with van der Waals surface area (Å²) >= 11 is 0. The maximum atomic E-state index is 12.5. The Labute approximate surface area is 217 Å². The summed E-state index contributed by atoms with van der Waals surface area (Å²) in [7, 11) is 1.52. The number of anilines is 2. The van der Waals surface area contributed by atoms with E-state index < -0.39 is 6.61 Å². The molecular formula is C26H26F2N6O4. The number of imidazole rings is 1. The molecule has 2 aromatic carbocycles. The van der Waals surface area contributed by atoms with E-state index in [1.807, 2.05) is 17.4 Å². The van der Waals surface area contributed by atoms with Gasteiger partial charge in [0.1, 0.15) is 12.4 Å². The van der Waals surface area contributed by atoms with Gasteiger partial charge < -0.3 is 25.4 Å². The van der Waals surface area contributed by atoms with Gasteiger partial charge in [0.2, 0.25) is 5.91 Å². The van der Waals surface area contributed by atoms with Crippen molar-refractivity contribution in [3.63, 3.8) is 0 Å². The summed E-state index contributed by atoms with van der Waals surface area (Å²) in [5, 5.41) is 8.46. The lowest BCUT2D eigenvalue weighted by Gasteiger charge is -2.12. The summed E-state index contributed by atoms with van der Waals surface area (Å²) in [5.74, 6) is 0.0915. The van der Waals surface area contributed by atoms with Gasteiger partial charge in [0.05, 0.1) is 18.5 Å². The minimum Gasteiger partial charge on any atom is -0.435 e. The van der Waals surface area contributed by atoms with Crippen molar-refractivity contribution in [2.75, 3.05) is 32.1 Å². The highest BCUT2D eigenvalue weighted by atomic mass is 19.3. The van der Waals surface area contributed by atoms with Crippen LogP contribution < -0.4 is 20.7 Å². The number of rotatable bonds is 11. The molecule has 2 aromatic heterocycles. The summed E-state index contributed by atoms with van der Waals surface area (Å²) in [6.45, 7) is -0.638. The molecule has 4 rings (SSSR count). The standard InChI is InChI=1S/C26H26F2N6O4/c1-16-13-18(5-8-20(16)25(36)31-10-12-37-15-22(35)29-2)33-23-24-32-14-21(34(24)11-9-30-23)17-3-6-19(7-4-17)38-26(27)28/h3-9,11,13-14,26H,10,12,15H2,1-2H3,(H,29,35)(H,30,33)(H,31,36). The van der Waals surface area contributed by atoms with Crippen molar-refractivity contribution in [1.29, 1.82) is 0 Å². The Kier molecular flexibility index (Phi) is 8.44. The van der Waals surface area contributed by atoms with Gasteiger partial charge in [0, 0.05) is 42.8 Å². The Morgan fingerprint density at radius 2 is 1.89 bits per heavy atom. The van der Waals surface area contributed by atoms with Crippen LogP contribution in [0.25, 0.3) is 16.9 Å². The molecule has 0 aliphatic rings. The number of hydrogen-bond acceptors (Lipinski definition) is 7. The number of halogens is 2. The van der Waals surface area contributed by atoms with Crippen molar-refractivity contribution in [3.05, 3.63) is 72.2 Å². The van der Waals surface area contributed by atoms with Gasteiger partial charge in [-0.1, -0.05) is 0 Å². The molecule has 38 heavy (non-hydrogen) atoms. The third kappa shape index (κ3) is 6.40. The van der Waals surface area contributed by atoms with Crippen LogP contribution in [-0.2, 0) is 9.53 Å². The summed E-state index contributed by atoms with van der Waals surface area (Å²) in [6, 6.07) is 11.6. The second kappa shape index (κ2) is 12.1. The van der Waals surface area contributed by atoms with E-state index in [4.69, 9.17) is 4.74 Å². The molecule has 3 N–H and O–H groups in total. The Morgan fingerprint density at radius 1 is 1.11 bits per heavy atom. The van der Waals surface area contributed by atoms with Crippen molar-refractivity contribution >= 4 is 29.0 Å². The molecule has 0 atom stereocenters. The van der Waals surface area contributed by atoms with Crippen LogP contribution in [0.1, 0.15) is 15.9 Å². The van der Waals surface area contributed by atoms with Crippen molar-refractivity contribution < 1.29 is 27.8 Å². The van der Waals surface area contributed by atoms with Crippen LogP contribution in [0, 0.1) is 6.92 Å². The SMILES string of the molecule is CNC(=O)COCCNC(=O)c1ccc(Nc2nccn3c(-c4ccc(OC(F)F)cc4)cnc23)cc1C. The third-order valence-corrected chi connectivity index (χ3v) is 5.58. The number of aryl methyl sites for hydroxylation is 1. The fourth-order valence-electron chi connectivity index (χ4n) is 3.73. The fourth-order valence-corrected chi connectivity index (χ4v) is 3.73. The van der Waals surface area contributed by atoms with Crippen LogP contribution in [0.5, 0.6) is 5.75 Å². The van der Waals surface area contributed by atoms with Gasteiger partial charge >= 0.3 is 6.61 Å². The van der Waals surface area contributed by atoms with E-state index in [0.29, 0.717) is 22.7 Å². The molecule has 12 heteroatoms. The number of aromatic nitrogens is 3. The molecule has 0 saturated heterocycles. The highest BCUT2D eigenvalue weighted by Crippen LogP contribution is 2.27. The van der Waals surface area contributed by atoms with Crippen LogP contribution in [0.4, 0.5) is 20.3 Å². The number of hydrogen-bond donors (Lipinski definition) is 3. The zero-order valence-electron chi connectivity index (χ0n) is 20.7. The van der Waals surface area contributed by atoms with Gasteiger partial charge in [0.25, 0.3) is 5.91 Å². The van der Waals surface area contributed by atoms with Crippen LogP contribution in [-0.4, -0.2) is 59.6 Å². The number of likely N-dealkylation sites (N-methyl/N-ethyl adjacent to an activating group) is 1. The predicted molar refractivity (Wildman–Crippen MR) is 137 cm³/mol. The minimum absolute atomic E-state index is 0.0624. The molecule has 4 aromatic rings. The van der Waals surface area contributed by atoms with Crippen LogP contribution in [0.15, 0.2) is 61.1 Å². The van der Waals surface area contributed by atoms with Gasteiger partial charge in [-0.2, -0.15) is 8.78 Å². The van der Waals surface area contributed by atoms with Crippen LogP contribution in [0.3, 0.4) is 0 Å². The van der Waals surface area contributed by atoms with E-state index in [1.54, 1.807) is 42.9 Å². The predicted octanol–water partition coefficient (Wildman–Crippen LogP) is 3.54. The summed E-state index contributed by atoms with van der Waals surface area (Å²) < 4.78 is 36.3. The van der Waals surface area contributed by atoms with E-state index >= 15 is 0 Å². The Morgan fingerprint density at radius 3 is 2.61 bits per heavy atom. The molecule has 2 amide bonds. The van der Waals surface area contributed by atoms with Crippen molar-refractivity contribution in [2.24, 2.45) is 0 Å². The molecule has 0 radical (unpaired) electrons. The first-order chi connectivity index (χ1) is 18.4. The van der Waals surface area contributed by atoms with Gasteiger partial charge in [-0.3, -0.25) is 14.0 Å². The van der Waals surface area contributed by atoms with E-state index in [0.717, 1.165) is 16.8 Å². The van der Waals surface area contributed by atoms with E-state index in [2.05, 4.69) is 30.7 Å². The molecule has 10 nitrogen and oxygen atoms in total. The second-order valence-electron chi connectivity index (χ2n) is 8.15. The number of nitrogens with one attached hydrogen (secondary N) is 3. The zero-order chi connectivity index (χ0) is 27.1.